The lowest BCUT2D eigenvalue weighted by molar-refractivity contribution is 0.449. The van der Waals surface area contributed by atoms with Crippen molar-refractivity contribution < 1.29 is 0 Å². The van der Waals surface area contributed by atoms with Crippen LogP contribution in [0.5, 0.6) is 0 Å². The van der Waals surface area contributed by atoms with Crippen LogP contribution in [0.3, 0.4) is 0 Å². The van der Waals surface area contributed by atoms with Crippen molar-refractivity contribution in [3.8, 4) is 5.69 Å². The first kappa shape index (κ1) is 13.2. The van der Waals surface area contributed by atoms with Gasteiger partial charge in [0.05, 0.1) is 11.3 Å². The Kier molecular flexibility index (Phi) is 3.91. The summed E-state index contributed by atoms with van der Waals surface area (Å²) in [5.41, 5.74) is 2.39. The van der Waals surface area contributed by atoms with E-state index in [9.17, 15) is 0 Å². The fraction of sp³-hybridized carbons (Fsp3) is 0.357. The number of aromatic nitrogens is 2. The highest BCUT2D eigenvalue weighted by Gasteiger charge is 2.19. The van der Waals surface area contributed by atoms with E-state index in [-0.39, 0.29) is 0 Å². The van der Waals surface area contributed by atoms with Gasteiger partial charge in [-0.25, -0.2) is 4.98 Å². The van der Waals surface area contributed by atoms with Crippen LogP contribution in [0.2, 0.25) is 5.02 Å². The number of benzene rings is 1. The average Bonchev–Trinajstić information content (AvgIpc) is 2.92. The molecule has 1 saturated heterocycles. The van der Waals surface area contributed by atoms with Gasteiger partial charge >= 0.3 is 0 Å². The third kappa shape index (κ3) is 2.71. The SMILES string of the molecule is Clc1ccc(-n2cncc2C2CCNCC2)cc1Br. The second kappa shape index (κ2) is 5.65. The number of rotatable bonds is 2. The molecule has 100 valence electrons. The molecular formula is C14H15BrClN3. The van der Waals surface area contributed by atoms with Crippen molar-refractivity contribution in [3.05, 3.63) is 45.9 Å². The van der Waals surface area contributed by atoms with Crippen LogP contribution in [-0.4, -0.2) is 22.6 Å². The molecule has 2 heterocycles. The van der Waals surface area contributed by atoms with Gasteiger partial charge in [0.15, 0.2) is 0 Å². The van der Waals surface area contributed by atoms with Crippen LogP contribution in [-0.2, 0) is 0 Å². The molecule has 1 fully saturated rings. The van der Waals surface area contributed by atoms with Crippen molar-refractivity contribution in [2.24, 2.45) is 0 Å². The Bertz CT molecular complexity index is 576. The minimum atomic E-state index is 0.582. The van der Waals surface area contributed by atoms with Gasteiger partial charge in [0.1, 0.15) is 0 Å². The number of imidazole rings is 1. The zero-order valence-electron chi connectivity index (χ0n) is 10.4. The van der Waals surface area contributed by atoms with Gasteiger partial charge in [-0.1, -0.05) is 11.6 Å². The van der Waals surface area contributed by atoms with Crippen LogP contribution in [0.1, 0.15) is 24.5 Å². The topological polar surface area (TPSA) is 29.9 Å². The zero-order chi connectivity index (χ0) is 13.2. The lowest BCUT2D eigenvalue weighted by atomic mass is 9.95. The van der Waals surface area contributed by atoms with Crippen LogP contribution in [0.15, 0.2) is 35.2 Å². The van der Waals surface area contributed by atoms with Gasteiger partial charge in [0.2, 0.25) is 0 Å². The molecule has 0 saturated carbocycles. The first-order valence-corrected chi connectivity index (χ1v) is 7.61. The Hall–Kier alpha value is -0.840. The third-order valence-corrected chi connectivity index (χ3v) is 4.82. The zero-order valence-corrected chi connectivity index (χ0v) is 12.8. The van der Waals surface area contributed by atoms with Gasteiger partial charge in [-0.05, 0) is 60.1 Å². The van der Waals surface area contributed by atoms with E-state index >= 15 is 0 Å². The number of nitrogens with zero attached hydrogens (tertiary/aromatic N) is 2. The van der Waals surface area contributed by atoms with Crippen LogP contribution in [0.4, 0.5) is 0 Å². The standard InChI is InChI=1S/C14H15BrClN3/c15-12-7-11(1-2-13(12)16)19-9-18-8-14(19)10-3-5-17-6-4-10/h1-2,7-10,17H,3-6H2. The second-order valence-corrected chi connectivity index (χ2v) is 6.07. The van der Waals surface area contributed by atoms with E-state index < -0.39 is 0 Å². The molecule has 0 spiro atoms. The van der Waals surface area contributed by atoms with Crippen LogP contribution < -0.4 is 5.32 Å². The molecule has 0 atom stereocenters. The maximum Gasteiger partial charge on any atom is 0.0994 e. The van der Waals surface area contributed by atoms with Crippen molar-refractivity contribution in [3.63, 3.8) is 0 Å². The van der Waals surface area contributed by atoms with E-state index in [2.05, 4.69) is 30.8 Å². The van der Waals surface area contributed by atoms with Crippen molar-refractivity contribution in [2.45, 2.75) is 18.8 Å². The molecule has 0 bridgehead atoms. The smallest absolute Gasteiger partial charge is 0.0994 e. The van der Waals surface area contributed by atoms with E-state index in [0.717, 1.165) is 28.3 Å². The van der Waals surface area contributed by atoms with Gasteiger partial charge in [0, 0.05) is 28.0 Å². The third-order valence-electron chi connectivity index (χ3n) is 3.61. The average molecular weight is 341 g/mol. The molecular weight excluding hydrogens is 326 g/mol. The monoisotopic (exact) mass is 339 g/mol. The Morgan fingerprint density at radius 1 is 1.32 bits per heavy atom. The van der Waals surface area contributed by atoms with Gasteiger partial charge in [-0.15, -0.1) is 0 Å². The van der Waals surface area contributed by atoms with E-state index in [0.29, 0.717) is 5.92 Å². The number of piperidine rings is 1. The van der Waals surface area contributed by atoms with Crippen molar-refractivity contribution in [1.29, 1.82) is 0 Å². The van der Waals surface area contributed by atoms with E-state index in [1.807, 2.05) is 30.7 Å². The Morgan fingerprint density at radius 2 is 2.11 bits per heavy atom. The Morgan fingerprint density at radius 3 is 2.84 bits per heavy atom. The Labute approximate surface area is 126 Å². The molecule has 1 aliphatic rings. The molecule has 19 heavy (non-hydrogen) atoms. The summed E-state index contributed by atoms with van der Waals surface area (Å²) >= 11 is 9.53. The molecule has 2 aromatic rings. The van der Waals surface area contributed by atoms with E-state index in [4.69, 9.17) is 11.6 Å². The summed E-state index contributed by atoms with van der Waals surface area (Å²) in [5, 5.41) is 4.13. The van der Waals surface area contributed by atoms with Gasteiger partial charge in [-0.2, -0.15) is 0 Å². The summed E-state index contributed by atoms with van der Waals surface area (Å²) in [4.78, 5) is 4.32. The molecule has 1 N–H and O–H groups in total. The fourth-order valence-corrected chi connectivity index (χ4v) is 3.06. The van der Waals surface area contributed by atoms with Crippen molar-refractivity contribution in [2.75, 3.05) is 13.1 Å². The van der Waals surface area contributed by atoms with Crippen molar-refractivity contribution >= 4 is 27.5 Å². The quantitative estimate of drug-likeness (QED) is 0.902. The van der Waals surface area contributed by atoms with Crippen LogP contribution >= 0.6 is 27.5 Å². The molecule has 1 aromatic heterocycles. The normalized spacial score (nSPS) is 16.7. The van der Waals surface area contributed by atoms with E-state index in [1.54, 1.807) is 0 Å². The molecule has 1 aliphatic heterocycles. The Balaban J connectivity index is 1.96. The molecule has 0 amide bonds. The lowest BCUT2D eigenvalue weighted by Crippen LogP contribution is -2.27. The predicted molar refractivity (Wildman–Crippen MR) is 81.1 cm³/mol. The van der Waals surface area contributed by atoms with Crippen LogP contribution in [0.25, 0.3) is 5.69 Å². The number of hydrogen-bond acceptors (Lipinski definition) is 2. The molecule has 0 radical (unpaired) electrons. The predicted octanol–water partition coefficient (Wildman–Crippen LogP) is 3.76. The fourth-order valence-electron chi connectivity index (χ4n) is 2.58. The van der Waals surface area contributed by atoms with Crippen LogP contribution in [0, 0.1) is 0 Å². The maximum atomic E-state index is 6.05. The largest absolute Gasteiger partial charge is 0.317 e. The van der Waals surface area contributed by atoms with Gasteiger partial charge in [0.25, 0.3) is 0 Å². The summed E-state index contributed by atoms with van der Waals surface area (Å²) in [6.07, 6.45) is 6.20. The van der Waals surface area contributed by atoms with Gasteiger partial charge < -0.3 is 9.88 Å². The summed E-state index contributed by atoms with van der Waals surface area (Å²) in [7, 11) is 0. The molecule has 1 aromatic carbocycles. The maximum absolute atomic E-state index is 6.05. The van der Waals surface area contributed by atoms with Crippen molar-refractivity contribution in [1.82, 2.24) is 14.9 Å². The first-order valence-electron chi connectivity index (χ1n) is 6.44. The second-order valence-electron chi connectivity index (χ2n) is 4.81. The first-order chi connectivity index (χ1) is 9.25. The summed E-state index contributed by atoms with van der Waals surface area (Å²) in [5.74, 6) is 0.582. The van der Waals surface area contributed by atoms with Gasteiger partial charge in [-0.3, -0.25) is 0 Å². The minimum Gasteiger partial charge on any atom is -0.317 e. The summed E-state index contributed by atoms with van der Waals surface area (Å²) in [6, 6.07) is 5.97. The number of nitrogens with one attached hydrogen (secondary N) is 1. The molecule has 3 nitrogen and oxygen atoms in total. The highest BCUT2D eigenvalue weighted by molar-refractivity contribution is 9.10. The molecule has 0 unspecified atom stereocenters. The lowest BCUT2D eigenvalue weighted by Gasteiger charge is -2.23. The molecule has 0 aliphatic carbocycles. The van der Waals surface area contributed by atoms with E-state index in [1.165, 1.54) is 18.5 Å². The highest BCUT2D eigenvalue weighted by Crippen LogP contribution is 2.29. The number of halogens is 2. The molecule has 5 heteroatoms. The minimum absolute atomic E-state index is 0.582. The summed E-state index contributed by atoms with van der Waals surface area (Å²) in [6.45, 7) is 2.17. The molecule has 3 rings (SSSR count). The summed E-state index contributed by atoms with van der Waals surface area (Å²) < 4.78 is 3.08. The number of hydrogen-bond donors (Lipinski definition) is 1. The highest BCUT2D eigenvalue weighted by atomic mass is 79.9.